The van der Waals surface area contributed by atoms with Gasteiger partial charge in [-0.1, -0.05) is 6.07 Å². The first-order chi connectivity index (χ1) is 13.9. The van der Waals surface area contributed by atoms with E-state index in [4.69, 9.17) is 0 Å². The number of benzene rings is 1. The molecule has 1 saturated carbocycles. The van der Waals surface area contributed by atoms with Gasteiger partial charge < -0.3 is 20.8 Å². The Morgan fingerprint density at radius 3 is 2.86 bits per heavy atom. The van der Waals surface area contributed by atoms with Crippen LogP contribution >= 0.6 is 0 Å². The van der Waals surface area contributed by atoms with Crippen LogP contribution in [0.15, 0.2) is 29.5 Å². The van der Waals surface area contributed by atoms with E-state index in [1.165, 1.54) is 18.5 Å². The third-order valence-corrected chi connectivity index (χ3v) is 5.42. The van der Waals surface area contributed by atoms with Crippen LogP contribution in [0.2, 0.25) is 0 Å². The number of hydrogen-bond donors (Lipinski definition) is 4. The molecule has 9 heteroatoms. The Balaban J connectivity index is 1.51. The average molecular weight is 399 g/mol. The number of amides is 1. The zero-order valence-corrected chi connectivity index (χ0v) is 15.9. The number of hydrogen-bond acceptors (Lipinski definition) is 7. The average Bonchev–Trinajstić information content (AvgIpc) is 3.28. The van der Waals surface area contributed by atoms with Gasteiger partial charge in [0.25, 0.3) is 5.91 Å². The van der Waals surface area contributed by atoms with Crippen LogP contribution in [0.5, 0.6) is 0 Å². The largest absolute Gasteiger partial charge is 0.390 e. The van der Waals surface area contributed by atoms with E-state index in [1.807, 2.05) is 6.92 Å². The number of halogens is 1. The molecule has 0 bridgehead atoms. The highest BCUT2D eigenvalue weighted by Gasteiger charge is 2.35. The number of aliphatic imine (C=N–C) groups is 1. The molecule has 0 radical (unpaired) electrons. The lowest BCUT2D eigenvalue weighted by Gasteiger charge is -2.20. The van der Waals surface area contributed by atoms with Crippen LogP contribution in [-0.2, 0) is 17.9 Å². The fourth-order valence-electron chi connectivity index (χ4n) is 3.70. The zero-order chi connectivity index (χ0) is 20.5. The predicted molar refractivity (Wildman–Crippen MR) is 104 cm³/mol. The second-order valence-corrected chi connectivity index (χ2v) is 7.35. The van der Waals surface area contributed by atoms with Crippen molar-refractivity contribution >= 4 is 17.4 Å². The summed E-state index contributed by atoms with van der Waals surface area (Å²) < 4.78 is 13.5. The maximum absolute atomic E-state index is 13.5. The minimum absolute atomic E-state index is 0.167. The topological polar surface area (TPSA) is 120 Å². The summed E-state index contributed by atoms with van der Waals surface area (Å²) in [5.41, 5.74) is 2.87. The summed E-state index contributed by atoms with van der Waals surface area (Å²) in [5.74, 6) is -0.362. The summed E-state index contributed by atoms with van der Waals surface area (Å²) in [6.07, 6.45) is 0.755. The number of nitrogens with zero attached hydrogens (tertiary/aromatic N) is 3. The summed E-state index contributed by atoms with van der Waals surface area (Å²) in [7, 11) is 0. The molecule has 1 aliphatic heterocycles. The number of aliphatic hydroxyl groups excluding tert-OH is 2. The van der Waals surface area contributed by atoms with E-state index in [0.717, 1.165) is 5.56 Å². The second kappa shape index (κ2) is 7.84. The molecule has 1 aliphatic carbocycles. The van der Waals surface area contributed by atoms with Crippen molar-refractivity contribution in [2.45, 2.75) is 51.1 Å². The Kier molecular flexibility index (Phi) is 5.25. The monoisotopic (exact) mass is 399 g/mol. The van der Waals surface area contributed by atoms with E-state index in [9.17, 15) is 19.4 Å². The van der Waals surface area contributed by atoms with Crippen molar-refractivity contribution in [2.24, 2.45) is 4.99 Å². The molecule has 4 rings (SSSR count). The number of fused-ring (bicyclic) bond motifs is 1. The number of anilines is 1. The third-order valence-electron chi connectivity index (χ3n) is 5.42. The van der Waals surface area contributed by atoms with Crippen molar-refractivity contribution in [1.82, 2.24) is 15.3 Å². The molecule has 8 nitrogen and oxygen atoms in total. The van der Waals surface area contributed by atoms with Gasteiger partial charge in [-0.25, -0.2) is 14.4 Å². The van der Waals surface area contributed by atoms with Crippen molar-refractivity contribution in [3.8, 4) is 0 Å². The van der Waals surface area contributed by atoms with Crippen molar-refractivity contribution in [3.63, 3.8) is 0 Å². The summed E-state index contributed by atoms with van der Waals surface area (Å²) in [5, 5.41) is 25.8. The van der Waals surface area contributed by atoms with Crippen LogP contribution in [-0.4, -0.2) is 50.0 Å². The summed E-state index contributed by atoms with van der Waals surface area (Å²) >= 11 is 0. The molecule has 4 N–H and O–H groups in total. The van der Waals surface area contributed by atoms with Gasteiger partial charge in [0.1, 0.15) is 23.7 Å². The minimum Gasteiger partial charge on any atom is -0.390 e. The van der Waals surface area contributed by atoms with Crippen LogP contribution in [0.4, 0.5) is 10.2 Å². The molecule has 2 aromatic rings. The number of carbonyl (C=O) groups excluding carboxylic acids is 1. The maximum atomic E-state index is 13.5. The Bertz CT molecular complexity index is 981. The van der Waals surface area contributed by atoms with Crippen LogP contribution in [0, 0.1) is 12.7 Å². The molecule has 1 amide bonds. The van der Waals surface area contributed by atoms with Crippen LogP contribution in [0.25, 0.3) is 0 Å². The normalized spacial score (nSPS) is 22.9. The van der Waals surface area contributed by atoms with Crippen LogP contribution in [0.3, 0.4) is 0 Å². The number of aryl methyl sites for hydroxylation is 1. The second-order valence-electron chi connectivity index (χ2n) is 7.35. The molecule has 0 spiro atoms. The van der Waals surface area contributed by atoms with Gasteiger partial charge in [-0.2, -0.15) is 0 Å². The zero-order valence-electron chi connectivity index (χ0n) is 15.9. The smallest absolute Gasteiger partial charge is 0.270 e. The van der Waals surface area contributed by atoms with Gasteiger partial charge in [0.15, 0.2) is 0 Å². The summed E-state index contributed by atoms with van der Waals surface area (Å²) in [4.78, 5) is 25.5. The molecule has 0 saturated heterocycles. The lowest BCUT2D eigenvalue weighted by molar-refractivity contribution is -0.114. The molecule has 1 aromatic heterocycles. The number of nitrogens with one attached hydrogen (secondary N) is 2. The van der Waals surface area contributed by atoms with E-state index < -0.39 is 18.1 Å². The van der Waals surface area contributed by atoms with E-state index in [0.29, 0.717) is 35.5 Å². The molecular formula is C20H22FN5O3. The lowest BCUT2D eigenvalue weighted by Crippen LogP contribution is -2.36. The van der Waals surface area contributed by atoms with Gasteiger partial charge in [0, 0.05) is 6.54 Å². The Hall–Kier alpha value is -2.91. The van der Waals surface area contributed by atoms with Gasteiger partial charge >= 0.3 is 0 Å². The molecule has 3 atom stereocenters. The van der Waals surface area contributed by atoms with E-state index in [-0.39, 0.29) is 30.7 Å². The van der Waals surface area contributed by atoms with Gasteiger partial charge in [-0.05, 0) is 43.0 Å². The molecule has 0 unspecified atom stereocenters. The number of rotatable bonds is 5. The van der Waals surface area contributed by atoms with E-state index >= 15 is 0 Å². The summed E-state index contributed by atoms with van der Waals surface area (Å²) in [6, 6.07) is 4.06. The first kappa shape index (κ1) is 19.4. The Morgan fingerprint density at radius 1 is 1.28 bits per heavy atom. The molecular weight excluding hydrogens is 377 g/mol. The Labute approximate surface area is 166 Å². The first-order valence-corrected chi connectivity index (χ1v) is 9.48. The number of aromatic nitrogens is 2. The van der Waals surface area contributed by atoms with Gasteiger partial charge in [-0.15, -0.1) is 0 Å². The number of aliphatic hydroxyl groups is 2. The quantitative estimate of drug-likeness (QED) is 0.592. The molecule has 152 valence electrons. The van der Waals surface area contributed by atoms with Gasteiger partial charge in [-0.3, -0.25) is 9.79 Å². The standard InChI is InChI=1S/C20H22FN5O3/c1-10-2-3-12(21)6-11(10)7-23-20(29)17-16-14(8-22-17)24-9-25-19(16)26-13-4-5-15(27)18(13)28/h2-3,6,9,13,15,18,27-28H,4-5,7-8H2,1H3,(H,23,29)(H,24,25,26)/t13-,15-,18+/m1/s1. The molecule has 2 heterocycles. The van der Waals surface area contributed by atoms with Crippen molar-refractivity contribution in [2.75, 3.05) is 5.32 Å². The lowest BCUT2D eigenvalue weighted by atomic mass is 10.1. The maximum Gasteiger partial charge on any atom is 0.270 e. The predicted octanol–water partition coefficient (Wildman–Crippen LogP) is 0.839. The Morgan fingerprint density at radius 2 is 2.10 bits per heavy atom. The van der Waals surface area contributed by atoms with Gasteiger partial charge in [0.2, 0.25) is 0 Å². The van der Waals surface area contributed by atoms with Crippen LogP contribution < -0.4 is 10.6 Å². The number of carbonyl (C=O) groups is 1. The first-order valence-electron chi connectivity index (χ1n) is 9.48. The van der Waals surface area contributed by atoms with Gasteiger partial charge in [0.05, 0.1) is 36.1 Å². The fraction of sp³-hybridized carbons (Fsp3) is 0.400. The molecule has 1 fully saturated rings. The van der Waals surface area contributed by atoms with Crippen LogP contribution in [0.1, 0.15) is 35.2 Å². The summed E-state index contributed by atoms with van der Waals surface area (Å²) in [6.45, 7) is 2.27. The van der Waals surface area contributed by atoms with Crippen molar-refractivity contribution < 1.29 is 19.4 Å². The van der Waals surface area contributed by atoms with Crippen molar-refractivity contribution in [3.05, 3.63) is 52.7 Å². The molecule has 29 heavy (non-hydrogen) atoms. The van der Waals surface area contributed by atoms with E-state index in [2.05, 4.69) is 25.6 Å². The SMILES string of the molecule is Cc1ccc(F)cc1CNC(=O)C1=NCc2ncnc(N[C@@H]3CC[C@@H](O)[C@H]3O)c21. The highest BCUT2D eigenvalue weighted by molar-refractivity contribution is 6.47. The minimum atomic E-state index is -0.910. The molecule has 2 aliphatic rings. The van der Waals surface area contributed by atoms with E-state index in [1.54, 1.807) is 6.07 Å². The fourth-order valence-corrected chi connectivity index (χ4v) is 3.70. The third kappa shape index (κ3) is 3.83. The highest BCUT2D eigenvalue weighted by Crippen LogP contribution is 2.28. The molecule has 1 aromatic carbocycles. The highest BCUT2D eigenvalue weighted by atomic mass is 19.1. The van der Waals surface area contributed by atoms with Crippen molar-refractivity contribution in [1.29, 1.82) is 0 Å².